The number of unbranched alkanes of at least 4 members (excludes halogenated alkanes) is 3. The number of nitrogens with two attached hydrogens (primary N) is 1. The van der Waals surface area contributed by atoms with Gasteiger partial charge in [-0.15, -0.1) is 0 Å². The van der Waals surface area contributed by atoms with Gasteiger partial charge in [0.1, 0.15) is 17.4 Å². The first-order valence-corrected chi connectivity index (χ1v) is 13.7. The molecule has 1 aromatic rings. The average molecular weight is 499 g/mol. The average Bonchev–Trinajstić information content (AvgIpc) is 2.80. The number of hydrogen-bond acceptors (Lipinski definition) is 3. The molecule has 0 bridgehead atoms. The van der Waals surface area contributed by atoms with E-state index in [1.54, 1.807) is 0 Å². The second kappa shape index (κ2) is 13.9. The zero-order chi connectivity index (χ0) is 24.4. The molecule has 5 nitrogen and oxygen atoms in total. The van der Waals surface area contributed by atoms with Crippen molar-refractivity contribution in [2.75, 3.05) is 17.6 Å². The maximum Gasteiger partial charge on any atom is 0.254 e. The zero-order valence-corrected chi connectivity index (χ0v) is 21.8. The molecular weight excluding hydrogens is 462 g/mol. The quantitative estimate of drug-likeness (QED) is 0.247. The van der Waals surface area contributed by atoms with Crippen LogP contribution >= 0.6 is 20.2 Å². The van der Waals surface area contributed by atoms with E-state index in [1.165, 1.54) is 17.0 Å². The fourth-order valence-electron chi connectivity index (χ4n) is 4.07. The van der Waals surface area contributed by atoms with Crippen LogP contribution in [-0.2, 0) is 9.59 Å². The molecule has 0 spiro atoms. The van der Waals surface area contributed by atoms with E-state index in [1.807, 2.05) is 6.92 Å². The van der Waals surface area contributed by atoms with Crippen molar-refractivity contribution in [1.29, 1.82) is 0 Å². The van der Waals surface area contributed by atoms with Crippen molar-refractivity contribution in [3.8, 4) is 5.75 Å². The molecule has 0 aliphatic heterocycles. The van der Waals surface area contributed by atoms with Crippen molar-refractivity contribution in [2.24, 2.45) is 5.73 Å². The molecule has 1 aliphatic carbocycles. The molecule has 2 atom stereocenters. The van der Waals surface area contributed by atoms with Crippen molar-refractivity contribution >= 4 is 37.7 Å². The number of primary amides is 1. The van der Waals surface area contributed by atoms with E-state index in [-0.39, 0.29) is 22.5 Å². The molecular formula is C25H37ClFN2O3P. The Kier molecular flexibility index (Phi) is 11.6. The van der Waals surface area contributed by atoms with Gasteiger partial charge in [0.2, 0.25) is 5.91 Å². The van der Waals surface area contributed by atoms with Crippen molar-refractivity contribution in [1.82, 2.24) is 0 Å². The SMILES string of the molecule is CCCCCCN(C(=O)C1=C(C(N)=O)CCCC1)c1cc(OC(CC)PCC)c(Cl)cc1F. The van der Waals surface area contributed by atoms with E-state index in [9.17, 15) is 9.59 Å². The molecule has 2 unspecified atom stereocenters. The highest BCUT2D eigenvalue weighted by Crippen LogP contribution is 2.37. The maximum absolute atomic E-state index is 15.2. The second-order valence-electron chi connectivity index (χ2n) is 8.35. The van der Waals surface area contributed by atoms with Gasteiger partial charge in [-0.1, -0.05) is 60.2 Å². The minimum atomic E-state index is -0.584. The molecule has 0 saturated carbocycles. The predicted octanol–water partition coefficient (Wildman–Crippen LogP) is 6.56. The van der Waals surface area contributed by atoms with Gasteiger partial charge in [-0.3, -0.25) is 9.59 Å². The lowest BCUT2D eigenvalue weighted by atomic mass is 9.90. The van der Waals surface area contributed by atoms with Crippen LogP contribution in [0, 0.1) is 5.82 Å². The van der Waals surface area contributed by atoms with Gasteiger partial charge in [-0.05, 0) is 50.8 Å². The summed E-state index contributed by atoms with van der Waals surface area (Å²) >= 11 is 6.31. The summed E-state index contributed by atoms with van der Waals surface area (Å²) in [6, 6.07) is 2.75. The number of halogens is 2. The van der Waals surface area contributed by atoms with Gasteiger partial charge in [0.15, 0.2) is 0 Å². The lowest BCUT2D eigenvalue weighted by Crippen LogP contribution is -2.36. The van der Waals surface area contributed by atoms with Crippen LogP contribution < -0.4 is 15.4 Å². The number of anilines is 1. The highest BCUT2D eigenvalue weighted by molar-refractivity contribution is 7.38. The van der Waals surface area contributed by atoms with Crippen LogP contribution in [0.1, 0.15) is 78.6 Å². The van der Waals surface area contributed by atoms with Crippen LogP contribution in [0.2, 0.25) is 5.02 Å². The number of benzene rings is 1. The number of carbonyl (C=O) groups excluding carboxylic acids is 2. The van der Waals surface area contributed by atoms with E-state index in [0.29, 0.717) is 44.9 Å². The van der Waals surface area contributed by atoms with Gasteiger partial charge < -0.3 is 15.4 Å². The zero-order valence-electron chi connectivity index (χ0n) is 20.0. The summed E-state index contributed by atoms with van der Waals surface area (Å²) in [5.41, 5.74) is 6.47. The van der Waals surface area contributed by atoms with E-state index >= 15 is 4.39 Å². The Bertz CT molecular complexity index is 862. The van der Waals surface area contributed by atoms with Crippen LogP contribution in [0.15, 0.2) is 23.3 Å². The summed E-state index contributed by atoms with van der Waals surface area (Å²) in [5.74, 6) is -1.15. The Morgan fingerprint density at radius 2 is 1.85 bits per heavy atom. The molecule has 0 heterocycles. The molecule has 2 N–H and O–H groups in total. The van der Waals surface area contributed by atoms with Gasteiger partial charge in [-0.2, -0.15) is 0 Å². The van der Waals surface area contributed by atoms with Gasteiger partial charge in [-0.25, -0.2) is 4.39 Å². The van der Waals surface area contributed by atoms with Crippen molar-refractivity contribution in [3.05, 3.63) is 34.1 Å². The highest BCUT2D eigenvalue weighted by Gasteiger charge is 2.29. The van der Waals surface area contributed by atoms with Crippen molar-refractivity contribution in [2.45, 2.75) is 84.4 Å². The maximum atomic E-state index is 15.2. The van der Waals surface area contributed by atoms with Crippen molar-refractivity contribution in [3.63, 3.8) is 0 Å². The van der Waals surface area contributed by atoms with Gasteiger partial charge in [0.25, 0.3) is 5.91 Å². The molecule has 1 aromatic carbocycles. The first kappa shape index (κ1) is 27.6. The molecule has 184 valence electrons. The second-order valence-corrected chi connectivity index (χ2v) is 10.5. The molecule has 1 aliphatic rings. The number of hydrogen-bond donors (Lipinski definition) is 1. The molecule has 0 radical (unpaired) electrons. The summed E-state index contributed by atoms with van der Waals surface area (Å²) in [6.07, 6.45) is 8.09. The number of amides is 2. The third kappa shape index (κ3) is 7.68. The molecule has 0 aromatic heterocycles. The van der Waals surface area contributed by atoms with E-state index in [0.717, 1.165) is 51.1 Å². The normalized spacial score (nSPS) is 15.2. The Balaban J connectivity index is 2.47. The number of nitrogens with zero attached hydrogens (tertiary/aromatic N) is 1. The number of rotatable bonds is 13. The molecule has 0 saturated heterocycles. The van der Waals surface area contributed by atoms with Crippen LogP contribution in [0.3, 0.4) is 0 Å². The van der Waals surface area contributed by atoms with Crippen molar-refractivity contribution < 1.29 is 18.7 Å². The fraction of sp³-hybridized carbons (Fsp3) is 0.600. The van der Waals surface area contributed by atoms with E-state index in [2.05, 4.69) is 13.8 Å². The minimum absolute atomic E-state index is 0.0120. The lowest BCUT2D eigenvalue weighted by Gasteiger charge is -2.28. The molecule has 33 heavy (non-hydrogen) atoms. The number of carbonyl (C=O) groups is 2. The summed E-state index contributed by atoms with van der Waals surface area (Å²) < 4.78 is 21.3. The lowest BCUT2D eigenvalue weighted by molar-refractivity contribution is -0.117. The van der Waals surface area contributed by atoms with Crippen LogP contribution in [-0.4, -0.2) is 30.4 Å². The third-order valence-electron chi connectivity index (χ3n) is 5.87. The smallest absolute Gasteiger partial charge is 0.254 e. The summed E-state index contributed by atoms with van der Waals surface area (Å²) in [4.78, 5) is 27.1. The first-order chi connectivity index (χ1) is 15.8. The largest absolute Gasteiger partial charge is 0.485 e. The van der Waals surface area contributed by atoms with E-state index in [4.69, 9.17) is 22.1 Å². The molecule has 2 amide bonds. The summed E-state index contributed by atoms with van der Waals surface area (Å²) in [7, 11) is 0.595. The number of ether oxygens (including phenoxy) is 1. The van der Waals surface area contributed by atoms with E-state index < -0.39 is 11.7 Å². The first-order valence-electron chi connectivity index (χ1n) is 12.1. The molecule has 2 rings (SSSR count). The topological polar surface area (TPSA) is 72.6 Å². The standard InChI is InChI=1S/C25H37ClFN2O3P/c1-4-7-8-11-14-29(25(31)18-13-10-9-12-17(18)24(28)30)21-16-22(19(26)15-20(21)27)32-23(5-2)33-6-3/h15-16,23,33H,4-14H2,1-3H3,(H2,28,30). The summed E-state index contributed by atoms with van der Waals surface area (Å²) in [6.45, 7) is 6.59. The monoisotopic (exact) mass is 498 g/mol. The summed E-state index contributed by atoms with van der Waals surface area (Å²) in [5, 5.41) is 0.184. The third-order valence-corrected chi connectivity index (χ3v) is 7.55. The van der Waals surface area contributed by atoms with Gasteiger partial charge in [0.05, 0.1) is 10.7 Å². The highest BCUT2D eigenvalue weighted by atomic mass is 35.5. The van der Waals surface area contributed by atoms with Crippen LogP contribution in [0.5, 0.6) is 5.75 Å². The molecule has 0 fully saturated rings. The predicted molar refractivity (Wildman–Crippen MR) is 136 cm³/mol. The van der Waals surface area contributed by atoms with Crippen LogP contribution in [0.25, 0.3) is 0 Å². The van der Waals surface area contributed by atoms with Crippen LogP contribution in [0.4, 0.5) is 10.1 Å². The Hall–Kier alpha value is -1.65. The molecule has 8 heteroatoms. The fourth-order valence-corrected chi connectivity index (χ4v) is 5.22. The Morgan fingerprint density at radius 3 is 2.45 bits per heavy atom. The Labute approximate surface area is 204 Å². The Morgan fingerprint density at radius 1 is 1.15 bits per heavy atom. The minimum Gasteiger partial charge on any atom is -0.485 e. The van der Waals surface area contributed by atoms with Gasteiger partial charge in [0, 0.05) is 23.8 Å². The van der Waals surface area contributed by atoms with Gasteiger partial charge >= 0.3 is 0 Å².